The number of anilines is 1. The second-order valence-electron chi connectivity index (χ2n) is 4.49. The summed E-state index contributed by atoms with van der Waals surface area (Å²) in [6.45, 7) is 2.26. The molecular formula is C13H16BrFN2O2. The molecule has 1 atom stereocenters. The van der Waals surface area contributed by atoms with Gasteiger partial charge in [-0.15, -0.1) is 0 Å². The first-order chi connectivity index (χ1) is 8.91. The van der Waals surface area contributed by atoms with Gasteiger partial charge in [-0.25, -0.2) is 4.39 Å². The van der Waals surface area contributed by atoms with E-state index in [4.69, 9.17) is 10.00 Å². The summed E-state index contributed by atoms with van der Waals surface area (Å²) in [4.78, 5) is 0. The van der Waals surface area contributed by atoms with Gasteiger partial charge in [-0.1, -0.05) is 0 Å². The van der Waals surface area contributed by atoms with Crippen molar-refractivity contribution in [2.24, 2.45) is 0 Å². The van der Waals surface area contributed by atoms with Crippen LogP contribution in [0.5, 0.6) is 0 Å². The second kappa shape index (κ2) is 6.85. The second-order valence-corrected chi connectivity index (χ2v) is 5.29. The van der Waals surface area contributed by atoms with Gasteiger partial charge in [-0.2, -0.15) is 5.26 Å². The Labute approximate surface area is 120 Å². The van der Waals surface area contributed by atoms with Gasteiger partial charge in [0.05, 0.1) is 21.3 Å². The Bertz CT molecular complexity index is 486. The Kier molecular flexibility index (Phi) is 5.73. The molecule has 0 fully saturated rings. The third-order valence-electron chi connectivity index (χ3n) is 2.71. The van der Waals surface area contributed by atoms with Gasteiger partial charge in [0.2, 0.25) is 0 Å². The van der Waals surface area contributed by atoms with Crippen molar-refractivity contribution in [1.29, 1.82) is 5.26 Å². The molecule has 0 aromatic heterocycles. The number of nitriles is 1. The molecule has 0 amide bonds. The third kappa shape index (κ3) is 4.46. The van der Waals surface area contributed by atoms with E-state index < -0.39 is 11.4 Å². The predicted molar refractivity (Wildman–Crippen MR) is 74.4 cm³/mol. The van der Waals surface area contributed by atoms with Gasteiger partial charge in [0.1, 0.15) is 6.07 Å². The molecule has 1 unspecified atom stereocenters. The number of nitrogens with zero attached hydrogens (tertiary/aromatic N) is 1. The Morgan fingerprint density at radius 3 is 2.84 bits per heavy atom. The Morgan fingerprint density at radius 2 is 2.26 bits per heavy atom. The highest BCUT2D eigenvalue weighted by Crippen LogP contribution is 2.27. The van der Waals surface area contributed by atoms with Crippen LogP contribution in [0.2, 0.25) is 0 Å². The fourth-order valence-corrected chi connectivity index (χ4v) is 1.90. The minimum absolute atomic E-state index is 0.122. The number of methoxy groups -OCH3 is 1. The molecule has 2 N–H and O–H groups in total. The maximum atomic E-state index is 13.9. The molecule has 0 saturated heterocycles. The van der Waals surface area contributed by atoms with Gasteiger partial charge >= 0.3 is 0 Å². The molecule has 104 valence electrons. The van der Waals surface area contributed by atoms with Gasteiger partial charge in [-0.05, 0) is 35.0 Å². The molecule has 1 rings (SSSR count). The molecule has 19 heavy (non-hydrogen) atoms. The summed E-state index contributed by atoms with van der Waals surface area (Å²) in [5.74, 6) is -0.540. The number of ether oxygens (including phenoxy) is 1. The summed E-state index contributed by atoms with van der Waals surface area (Å²) in [7, 11) is 1.56. The van der Waals surface area contributed by atoms with E-state index in [1.807, 2.05) is 6.07 Å². The number of hydrogen-bond donors (Lipinski definition) is 2. The van der Waals surface area contributed by atoms with Crippen molar-refractivity contribution in [3.05, 3.63) is 28.0 Å². The van der Waals surface area contributed by atoms with Crippen LogP contribution in [0.1, 0.15) is 18.9 Å². The third-order valence-corrected chi connectivity index (χ3v) is 3.48. The van der Waals surface area contributed by atoms with E-state index in [9.17, 15) is 9.50 Å². The molecule has 0 aliphatic rings. The molecule has 0 aliphatic heterocycles. The highest BCUT2D eigenvalue weighted by Gasteiger charge is 2.21. The van der Waals surface area contributed by atoms with E-state index in [1.165, 1.54) is 12.1 Å². The van der Waals surface area contributed by atoms with Crippen molar-refractivity contribution >= 4 is 21.6 Å². The smallest absolute Gasteiger partial charge is 0.161 e. The molecule has 4 nitrogen and oxygen atoms in total. The maximum absolute atomic E-state index is 13.9. The quantitative estimate of drug-likeness (QED) is 0.841. The van der Waals surface area contributed by atoms with Crippen molar-refractivity contribution in [2.45, 2.75) is 18.9 Å². The number of nitrogens with one attached hydrogen (secondary N) is 1. The predicted octanol–water partition coefficient (Wildman–Crippen LogP) is 2.66. The molecule has 0 spiro atoms. The molecule has 0 bridgehead atoms. The fraction of sp³-hybridized carbons (Fsp3) is 0.462. The highest BCUT2D eigenvalue weighted by atomic mass is 79.9. The van der Waals surface area contributed by atoms with Crippen molar-refractivity contribution in [1.82, 2.24) is 0 Å². The maximum Gasteiger partial charge on any atom is 0.161 e. The summed E-state index contributed by atoms with van der Waals surface area (Å²) in [5.41, 5.74) is -0.527. The summed E-state index contributed by atoms with van der Waals surface area (Å²) < 4.78 is 18.9. The number of aliphatic hydroxyl groups is 1. The van der Waals surface area contributed by atoms with Gasteiger partial charge in [0.25, 0.3) is 0 Å². The van der Waals surface area contributed by atoms with Crippen molar-refractivity contribution < 1.29 is 14.2 Å². The zero-order chi connectivity index (χ0) is 14.5. The van der Waals surface area contributed by atoms with E-state index in [-0.39, 0.29) is 22.3 Å². The van der Waals surface area contributed by atoms with Crippen molar-refractivity contribution in [3.8, 4) is 6.07 Å². The van der Waals surface area contributed by atoms with Crippen LogP contribution in [0.15, 0.2) is 16.6 Å². The molecule has 0 radical (unpaired) electrons. The number of benzene rings is 1. The number of hydrogen-bond acceptors (Lipinski definition) is 4. The van der Waals surface area contributed by atoms with Crippen LogP contribution >= 0.6 is 15.9 Å². The SMILES string of the molecule is COCCC(C)(O)CNc1ccc(C#N)c(Br)c1F. The van der Waals surface area contributed by atoms with Gasteiger partial charge in [0, 0.05) is 26.7 Å². The molecule has 0 heterocycles. The van der Waals surface area contributed by atoms with Gasteiger partial charge in [-0.3, -0.25) is 0 Å². The lowest BCUT2D eigenvalue weighted by molar-refractivity contribution is 0.0357. The Morgan fingerprint density at radius 1 is 1.58 bits per heavy atom. The summed E-state index contributed by atoms with van der Waals surface area (Å²) >= 11 is 3.03. The minimum atomic E-state index is -0.997. The van der Waals surface area contributed by atoms with Crippen LogP contribution in [-0.4, -0.2) is 31.0 Å². The molecule has 0 saturated carbocycles. The Balaban J connectivity index is 2.74. The standard InChI is InChI=1S/C13H16BrFN2O2/c1-13(18,5-6-19-2)8-17-10-4-3-9(7-16)11(14)12(10)15/h3-4,17-18H,5-6,8H2,1-2H3. The summed E-state index contributed by atoms with van der Waals surface area (Å²) in [5, 5.41) is 21.6. The monoisotopic (exact) mass is 330 g/mol. The van der Waals surface area contributed by atoms with Crippen LogP contribution in [0.3, 0.4) is 0 Å². The average molecular weight is 331 g/mol. The largest absolute Gasteiger partial charge is 0.388 e. The van der Waals surface area contributed by atoms with E-state index in [0.717, 1.165) is 0 Å². The van der Waals surface area contributed by atoms with Crippen LogP contribution in [0.4, 0.5) is 10.1 Å². The molecule has 6 heteroatoms. The first-order valence-corrected chi connectivity index (χ1v) is 6.54. The highest BCUT2D eigenvalue weighted by molar-refractivity contribution is 9.10. The molecule has 1 aromatic carbocycles. The molecule has 0 aliphatic carbocycles. The summed E-state index contributed by atoms with van der Waals surface area (Å²) in [6, 6.07) is 4.87. The lowest BCUT2D eigenvalue weighted by Crippen LogP contribution is -2.34. The molecule has 1 aromatic rings. The van der Waals surface area contributed by atoms with Gasteiger partial charge < -0.3 is 15.2 Å². The normalized spacial score (nSPS) is 13.7. The fourth-order valence-electron chi connectivity index (χ4n) is 1.47. The topological polar surface area (TPSA) is 65.3 Å². The van der Waals surface area contributed by atoms with Crippen LogP contribution in [0, 0.1) is 17.1 Å². The van der Waals surface area contributed by atoms with Crippen molar-refractivity contribution in [3.63, 3.8) is 0 Å². The van der Waals surface area contributed by atoms with Crippen LogP contribution in [0.25, 0.3) is 0 Å². The number of rotatable bonds is 6. The minimum Gasteiger partial charge on any atom is -0.388 e. The van der Waals surface area contributed by atoms with Crippen molar-refractivity contribution in [2.75, 3.05) is 25.6 Å². The summed E-state index contributed by atoms with van der Waals surface area (Å²) in [6.07, 6.45) is 0.440. The zero-order valence-corrected chi connectivity index (χ0v) is 12.4. The lowest BCUT2D eigenvalue weighted by atomic mass is 10.0. The zero-order valence-electron chi connectivity index (χ0n) is 10.8. The Hall–Kier alpha value is -1.16. The van der Waals surface area contributed by atoms with Crippen LogP contribution in [-0.2, 0) is 4.74 Å². The van der Waals surface area contributed by atoms with Gasteiger partial charge in [0.15, 0.2) is 5.82 Å². The first-order valence-electron chi connectivity index (χ1n) is 5.74. The first kappa shape index (κ1) is 15.9. The number of halogens is 2. The van der Waals surface area contributed by atoms with Crippen LogP contribution < -0.4 is 5.32 Å². The van der Waals surface area contributed by atoms with E-state index in [2.05, 4.69) is 21.2 Å². The average Bonchev–Trinajstić information content (AvgIpc) is 2.38. The van der Waals surface area contributed by atoms with E-state index in [1.54, 1.807) is 14.0 Å². The van der Waals surface area contributed by atoms with E-state index >= 15 is 0 Å². The lowest BCUT2D eigenvalue weighted by Gasteiger charge is -2.24. The molecular weight excluding hydrogens is 315 g/mol. The van der Waals surface area contributed by atoms with E-state index in [0.29, 0.717) is 13.0 Å².